The maximum absolute atomic E-state index is 12.8. The zero-order valence-electron chi connectivity index (χ0n) is 21.1. The summed E-state index contributed by atoms with van der Waals surface area (Å²) in [5.74, 6) is -7.44. The van der Waals surface area contributed by atoms with Crippen LogP contribution in [0.1, 0.15) is 129 Å². The lowest BCUT2D eigenvalue weighted by Gasteiger charge is -2.44. The lowest BCUT2D eigenvalue weighted by molar-refractivity contribution is -0.369. The molecule has 2 saturated heterocycles. The summed E-state index contributed by atoms with van der Waals surface area (Å²) in [7, 11) is 0. The topological polar surface area (TPSA) is 119 Å². The lowest BCUT2D eigenvalue weighted by Crippen LogP contribution is -2.63. The van der Waals surface area contributed by atoms with E-state index in [-0.39, 0.29) is 12.8 Å². The largest absolute Gasteiger partial charge is 0.424 e. The van der Waals surface area contributed by atoms with Gasteiger partial charge in [-0.15, -0.1) is 0 Å². The molecule has 2 fully saturated rings. The second-order valence-corrected chi connectivity index (χ2v) is 10.0. The number of unbranched alkanes of at least 4 members (excludes halogenated alkanes) is 12. The molecule has 0 aromatic carbocycles. The molecule has 0 amide bonds. The number of cyclic esters (lactones) is 1. The lowest BCUT2D eigenvalue weighted by atomic mass is 9.91. The quantitative estimate of drug-likeness (QED) is 0.236. The molecule has 8 nitrogen and oxygen atoms in total. The van der Waals surface area contributed by atoms with Crippen LogP contribution in [0.2, 0.25) is 0 Å². The van der Waals surface area contributed by atoms with E-state index < -0.39 is 47.9 Å². The molecule has 8 heteroatoms. The summed E-state index contributed by atoms with van der Waals surface area (Å²) < 4.78 is 16.5. The molecule has 34 heavy (non-hydrogen) atoms. The Kier molecular flexibility index (Phi) is 11.3. The molecule has 0 aliphatic carbocycles. The van der Waals surface area contributed by atoms with Crippen LogP contribution < -0.4 is 0 Å². The van der Waals surface area contributed by atoms with Crippen molar-refractivity contribution in [1.82, 2.24) is 0 Å². The van der Waals surface area contributed by atoms with Gasteiger partial charge in [0, 0.05) is 12.8 Å². The van der Waals surface area contributed by atoms with Crippen LogP contribution in [-0.2, 0) is 28.6 Å². The second-order valence-electron chi connectivity index (χ2n) is 10.0. The highest BCUT2D eigenvalue weighted by Gasteiger charge is 2.66. The van der Waals surface area contributed by atoms with E-state index in [2.05, 4.69) is 13.8 Å². The normalized spacial score (nSPS) is 29.1. The fraction of sp³-hybridized carbons (Fsp3) is 0.885. The van der Waals surface area contributed by atoms with Gasteiger partial charge in [0.2, 0.25) is 0 Å². The Morgan fingerprint density at radius 1 is 0.618 bits per heavy atom. The fourth-order valence-corrected chi connectivity index (χ4v) is 4.81. The smallest absolute Gasteiger partial charge is 0.342 e. The predicted octanol–water partition coefficient (Wildman–Crippen LogP) is 4.82. The highest BCUT2D eigenvalue weighted by atomic mass is 16.8. The van der Waals surface area contributed by atoms with Crippen molar-refractivity contribution >= 4 is 17.9 Å². The molecule has 3 unspecified atom stereocenters. The number of carbonyl (C=O) groups excluding carboxylic acids is 3. The Bertz CT molecular complexity index is 680. The first-order valence-corrected chi connectivity index (χ1v) is 13.3. The van der Waals surface area contributed by atoms with E-state index in [1.165, 1.54) is 19.3 Å². The van der Waals surface area contributed by atoms with Crippen molar-refractivity contribution in [2.24, 2.45) is 0 Å². The molecule has 2 N–H and O–H groups in total. The van der Waals surface area contributed by atoms with Crippen molar-refractivity contribution in [2.45, 2.75) is 147 Å². The third-order valence-electron chi connectivity index (χ3n) is 6.90. The summed E-state index contributed by atoms with van der Waals surface area (Å²) in [5.41, 5.74) is -2.35. The van der Waals surface area contributed by atoms with E-state index in [0.29, 0.717) is 12.8 Å². The number of fused-ring (bicyclic) bond motifs is 3. The number of esters is 3. The maximum atomic E-state index is 12.8. The van der Waals surface area contributed by atoms with E-state index >= 15 is 0 Å². The number of rotatable bonds is 16. The molecule has 0 spiro atoms. The van der Waals surface area contributed by atoms with Gasteiger partial charge in [-0.3, -0.25) is 9.59 Å². The fourth-order valence-electron chi connectivity index (χ4n) is 4.81. The Morgan fingerprint density at radius 3 is 1.59 bits per heavy atom. The molecule has 2 rings (SSSR count). The highest BCUT2D eigenvalue weighted by molar-refractivity contribution is 5.92. The molecule has 2 bridgehead atoms. The van der Waals surface area contributed by atoms with E-state index in [1.807, 2.05) is 0 Å². The SMILES string of the molecule is CCCCCCCCCCC12OC(=O)CC(O)(CC(=O)OC1(O)CCCCCCCC)C(=O)O2. The van der Waals surface area contributed by atoms with Crippen LogP contribution in [0.3, 0.4) is 0 Å². The van der Waals surface area contributed by atoms with Crippen LogP contribution in [0, 0.1) is 0 Å². The minimum Gasteiger partial charge on any atom is -0.424 e. The second kappa shape index (κ2) is 13.4. The van der Waals surface area contributed by atoms with Crippen molar-refractivity contribution in [2.75, 3.05) is 0 Å². The highest BCUT2D eigenvalue weighted by Crippen LogP contribution is 2.44. The van der Waals surface area contributed by atoms with Gasteiger partial charge in [0.05, 0.1) is 12.8 Å². The average molecular weight is 485 g/mol. The number of carbonyl (C=O) groups is 3. The molecule has 2 aliphatic rings. The molecular formula is C26H44O8. The molecule has 2 heterocycles. The third kappa shape index (κ3) is 7.67. The van der Waals surface area contributed by atoms with Crippen molar-refractivity contribution < 1.29 is 38.8 Å². The first-order chi connectivity index (χ1) is 16.2. The Hall–Kier alpha value is -1.67. The number of hydrogen-bond acceptors (Lipinski definition) is 8. The van der Waals surface area contributed by atoms with Gasteiger partial charge in [-0.2, -0.15) is 0 Å². The average Bonchev–Trinajstić information content (AvgIpc) is 2.84. The van der Waals surface area contributed by atoms with Gasteiger partial charge in [0.1, 0.15) is 0 Å². The molecule has 0 radical (unpaired) electrons. The van der Waals surface area contributed by atoms with Crippen molar-refractivity contribution in [3.8, 4) is 0 Å². The molecule has 0 saturated carbocycles. The third-order valence-corrected chi connectivity index (χ3v) is 6.90. The first kappa shape index (κ1) is 28.6. The van der Waals surface area contributed by atoms with Gasteiger partial charge in [-0.05, 0) is 12.8 Å². The van der Waals surface area contributed by atoms with Crippen molar-refractivity contribution in [3.63, 3.8) is 0 Å². The van der Waals surface area contributed by atoms with Gasteiger partial charge in [0.15, 0.2) is 5.60 Å². The van der Waals surface area contributed by atoms with Gasteiger partial charge >= 0.3 is 23.7 Å². The van der Waals surface area contributed by atoms with Crippen LogP contribution in [0.25, 0.3) is 0 Å². The van der Waals surface area contributed by atoms with Crippen LogP contribution in [0.15, 0.2) is 0 Å². The molecule has 196 valence electrons. The van der Waals surface area contributed by atoms with Gasteiger partial charge in [0.25, 0.3) is 5.79 Å². The Morgan fingerprint density at radius 2 is 1.06 bits per heavy atom. The number of hydrogen-bond donors (Lipinski definition) is 2. The van der Waals surface area contributed by atoms with Gasteiger partial charge in [-0.1, -0.05) is 90.9 Å². The number of aliphatic hydroxyl groups is 2. The van der Waals surface area contributed by atoms with E-state index in [4.69, 9.17) is 14.2 Å². The summed E-state index contributed by atoms with van der Waals surface area (Å²) in [6, 6.07) is 0. The maximum Gasteiger partial charge on any atom is 0.342 e. The molecule has 2 aliphatic heterocycles. The summed E-state index contributed by atoms with van der Waals surface area (Å²) in [6.07, 6.45) is 12.1. The van der Waals surface area contributed by atoms with Crippen LogP contribution >= 0.6 is 0 Å². The zero-order valence-corrected chi connectivity index (χ0v) is 21.1. The van der Waals surface area contributed by atoms with E-state index in [9.17, 15) is 24.6 Å². The van der Waals surface area contributed by atoms with E-state index in [0.717, 1.165) is 57.8 Å². The molecular weight excluding hydrogens is 440 g/mol. The van der Waals surface area contributed by atoms with Gasteiger partial charge in [-0.25, -0.2) is 4.79 Å². The molecule has 0 aromatic heterocycles. The molecule has 0 aromatic rings. The Balaban J connectivity index is 2.14. The van der Waals surface area contributed by atoms with Crippen molar-refractivity contribution in [3.05, 3.63) is 0 Å². The van der Waals surface area contributed by atoms with Crippen LogP contribution in [-0.4, -0.2) is 45.3 Å². The van der Waals surface area contributed by atoms with Gasteiger partial charge < -0.3 is 24.4 Å². The van der Waals surface area contributed by atoms with Crippen LogP contribution in [0.4, 0.5) is 0 Å². The minimum absolute atomic E-state index is 0.00483. The summed E-state index contributed by atoms with van der Waals surface area (Å²) >= 11 is 0. The predicted molar refractivity (Wildman–Crippen MR) is 125 cm³/mol. The summed E-state index contributed by atoms with van der Waals surface area (Å²) in [5, 5.41) is 22.2. The number of ether oxygens (including phenoxy) is 3. The van der Waals surface area contributed by atoms with E-state index in [1.54, 1.807) is 0 Å². The van der Waals surface area contributed by atoms with Crippen LogP contribution in [0.5, 0.6) is 0 Å². The van der Waals surface area contributed by atoms with Crippen molar-refractivity contribution in [1.29, 1.82) is 0 Å². The summed E-state index contributed by atoms with van der Waals surface area (Å²) in [6.45, 7) is 4.30. The Labute approximate surface area is 203 Å². The monoisotopic (exact) mass is 484 g/mol. The zero-order chi connectivity index (χ0) is 25.1. The standard InChI is InChI=1S/C26H44O8/c1-3-5-7-9-11-12-14-16-18-26-25(31,17-15-13-10-8-6-4-2)32-21(27)19-24(30,23(29)34-26)20-22(28)33-26/h30-31H,3-20H2,1-2H3. The summed E-state index contributed by atoms with van der Waals surface area (Å²) in [4.78, 5) is 38.0. The molecule has 3 atom stereocenters. The minimum atomic E-state index is -2.35. The first-order valence-electron chi connectivity index (χ1n) is 13.3.